The SMILES string of the molecule is Nc1cc(C=O)ccc1NI. The van der Waals surface area contributed by atoms with Crippen molar-refractivity contribution in [3.8, 4) is 0 Å². The average Bonchev–Trinajstić information content (AvgIpc) is 2.04. The van der Waals surface area contributed by atoms with Crippen molar-refractivity contribution in [2.24, 2.45) is 0 Å². The van der Waals surface area contributed by atoms with Crippen molar-refractivity contribution in [2.45, 2.75) is 0 Å². The molecule has 11 heavy (non-hydrogen) atoms. The predicted octanol–water partition coefficient (Wildman–Crippen LogP) is 1.84. The van der Waals surface area contributed by atoms with Crippen molar-refractivity contribution in [1.29, 1.82) is 0 Å². The van der Waals surface area contributed by atoms with Crippen LogP contribution in [0.1, 0.15) is 10.4 Å². The molecule has 0 heterocycles. The molecule has 1 rings (SSSR count). The number of hydrogen-bond acceptors (Lipinski definition) is 3. The topological polar surface area (TPSA) is 55.1 Å². The van der Waals surface area contributed by atoms with E-state index < -0.39 is 0 Å². The lowest BCUT2D eigenvalue weighted by Crippen LogP contribution is -1.92. The third kappa shape index (κ3) is 1.83. The molecule has 0 spiro atoms. The molecule has 0 fully saturated rings. The lowest BCUT2D eigenvalue weighted by atomic mass is 10.2. The smallest absolute Gasteiger partial charge is 0.150 e. The number of anilines is 2. The second kappa shape index (κ2) is 3.56. The van der Waals surface area contributed by atoms with Crippen LogP contribution in [0.3, 0.4) is 0 Å². The Labute approximate surface area is 78.5 Å². The summed E-state index contributed by atoms with van der Waals surface area (Å²) in [5.41, 5.74) is 7.59. The van der Waals surface area contributed by atoms with Crippen LogP contribution in [-0.4, -0.2) is 6.29 Å². The van der Waals surface area contributed by atoms with E-state index >= 15 is 0 Å². The third-order valence-corrected chi connectivity index (χ3v) is 1.89. The number of nitrogens with one attached hydrogen (secondary N) is 1. The van der Waals surface area contributed by atoms with Crippen LogP contribution in [0.15, 0.2) is 18.2 Å². The molecule has 0 saturated carbocycles. The fraction of sp³-hybridized carbons (Fsp3) is 0. The molecule has 0 aliphatic rings. The molecule has 1 aromatic rings. The summed E-state index contributed by atoms with van der Waals surface area (Å²) in [5, 5.41) is 0. The Hall–Kier alpha value is -0.780. The molecule has 0 aliphatic heterocycles. The van der Waals surface area contributed by atoms with Gasteiger partial charge in [-0.25, -0.2) is 0 Å². The van der Waals surface area contributed by atoms with Crippen LogP contribution in [0.5, 0.6) is 0 Å². The highest BCUT2D eigenvalue weighted by atomic mass is 127. The fourth-order valence-corrected chi connectivity index (χ4v) is 1.23. The maximum absolute atomic E-state index is 10.3. The summed E-state index contributed by atoms with van der Waals surface area (Å²) in [6.45, 7) is 0. The van der Waals surface area contributed by atoms with Crippen LogP contribution >= 0.6 is 22.9 Å². The molecule has 0 aromatic heterocycles. The zero-order chi connectivity index (χ0) is 8.27. The second-order valence-electron chi connectivity index (χ2n) is 2.06. The number of rotatable bonds is 2. The van der Waals surface area contributed by atoms with Gasteiger partial charge in [0.25, 0.3) is 0 Å². The van der Waals surface area contributed by atoms with Crippen LogP contribution in [0.4, 0.5) is 11.4 Å². The van der Waals surface area contributed by atoms with E-state index in [4.69, 9.17) is 5.73 Å². The first kappa shape index (κ1) is 8.32. The van der Waals surface area contributed by atoms with E-state index in [1.165, 1.54) is 0 Å². The number of nitrogen functional groups attached to an aromatic ring is 1. The van der Waals surface area contributed by atoms with Crippen LogP contribution in [0, 0.1) is 0 Å². The molecule has 4 heteroatoms. The highest BCUT2D eigenvalue weighted by Crippen LogP contribution is 2.19. The van der Waals surface area contributed by atoms with Crippen molar-refractivity contribution < 1.29 is 4.79 Å². The number of hydrogen-bond donors (Lipinski definition) is 2. The molecule has 58 valence electrons. The van der Waals surface area contributed by atoms with E-state index in [2.05, 4.69) is 3.53 Å². The normalized spacial score (nSPS) is 9.18. The maximum Gasteiger partial charge on any atom is 0.150 e. The summed E-state index contributed by atoms with van der Waals surface area (Å²) in [4.78, 5) is 10.3. The Bertz CT molecular complexity index is 275. The van der Waals surface area contributed by atoms with Crippen molar-refractivity contribution in [3.05, 3.63) is 23.8 Å². The average molecular weight is 262 g/mol. The first-order chi connectivity index (χ1) is 5.27. The molecule has 0 radical (unpaired) electrons. The van der Waals surface area contributed by atoms with Crippen LogP contribution in [0.2, 0.25) is 0 Å². The molecule has 3 nitrogen and oxygen atoms in total. The van der Waals surface area contributed by atoms with Gasteiger partial charge in [-0.1, -0.05) is 0 Å². The minimum absolute atomic E-state index is 0.587. The van der Waals surface area contributed by atoms with E-state index in [0.717, 1.165) is 12.0 Å². The van der Waals surface area contributed by atoms with Crippen molar-refractivity contribution >= 4 is 40.5 Å². The van der Waals surface area contributed by atoms with Gasteiger partial charge in [-0.3, -0.25) is 4.79 Å². The number of nitrogens with two attached hydrogens (primary N) is 1. The standard InChI is InChI=1S/C7H7IN2O/c8-10-7-2-1-5(4-11)3-6(7)9/h1-4,10H,9H2. The van der Waals surface area contributed by atoms with E-state index in [9.17, 15) is 4.79 Å². The van der Waals surface area contributed by atoms with E-state index in [1.54, 1.807) is 18.2 Å². The van der Waals surface area contributed by atoms with Gasteiger partial charge < -0.3 is 9.26 Å². The first-order valence-corrected chi connectivity index (χ1v) is 4.07. The minimum Gasteiger partial charge on any atom is -0.397 e. The van der Waals surface area contributed by atoms with Gasteiger partial charge in [0, 0.05) is 5.56 Å². The molecule has 0 unspecified atom stereocenters. The fourth-order valence-electron chi connectivity index (χ4n) is 0.741. The van der Waals surface area contributed by atoms with Crippen LogP contribution < -0.4 is 9.26 Å². The second-order valence-corrected chi connectivity index (χ2v) is 2.60. The largest absolute Gasteiger partial charge is 0.397 e. The molecule has 1 aromatic carbocycles. The predicted molar refractivity (Wildman–Crippen MR) is 53.9 cm³/mol. The summed E-state index contributed by atoms with van der Waals surface area (Å²) in [6, 6.07) is 5.11. The van der Waals surface area contributed by atoms with Crippen LogP contribution in [0.25, 0.3) is 0 Å². The molecule has 0 saturated heterocycles. The van der Waals surface area contributed by atoms with Gasteiger partial charge in [0.1, 0.15) is 6.29 Å². The number of aldehydes is 1. The molecule has 0 aliphatic carbocycles. The Morgan fingerprint density at radius 1 is 1.55 bits per heavy atom. The minimum atomic E-state index is 0.587. The molecule has 0 amide bonds. The van der Waals surface area contributed by atoms with Gasteiger partial charge in [0.2, 0.25) is 0 Å². The number of benzene rings is 1. The summed E-state index contributed by atoms with van der Waals surface area (Å²) >= 11 is 1.98. The van der Waals surface area contributed by atoms with Gasteiger partial charge in [-0.15, -0.1) is 0 Å². The van der Waals surface area contributed by atoms with Gasteiger partial charge in [-0.05, 0) is 18.2 Å². The van der Waals surface area contributed by atoms with Crippen molar-refractivity contribution in [3.63, 3.8) is 0 Å². The highest BCUT2D eigenvalue weighted by molar-refractivity contribution is 14.1. The Morgan fingerprint density at radius 2 is 2.27 bits per heavy atom. The van der Waals surface area contributed by atoms with E-state index in [-0.39, 0.29) is 0 Å². The lowest BCUT2D eigenvalue weighted by Gasteiger charge is -2.02. The summed E-state index contributed by atoms with van der Waals surface area (Å²) in [5.74, 6) is 0. The summed E-state index contributed by atoms with van der Waals surface area (Å²) < 4.78 is 2.88. The Kier molecular flexibility index (Phi) is 2.70. The number of halogens is 1. The molecule has 3 N–H and O–H groups in total. The molecular weight excluding hydrogens is 255 g/mol. The maximum atomic E-state index is 10.3. The quantitative estimate of drug-likeness (QED) is 0.370. The Balaban J connectivity index is 3.09. The van der Waals surface area contributed by atoms with Crippen molar-refractivity contribution in [2.75, 3.05) is 9.26 Å². The van der Waals surface area contributed by atoms with Crippen LogP contribution in [-0.2, 0) is 0 Å². The zero-order valence-corrected chi connectivity index (χ0v) is 7.83. The van der Waals surface area contributed by atoms with Gasteiger partial charge in [0.15, 0.2) is 0 Å². The molecule has 0 atom stereocenters. The lowest BCUT2D eigenvalue weighted by molar-refractivity contribution is 0.112. The Morgan fingerprint density at radius 3 is 2.73 bits per heavy atom. The number of carbonyl (C=O) groups excluding carboxylic acids is 1. The molecular formula is C7H7IN2O. The highest BCUT2D eigenvalue weighted by Gasteiger charge is 1.96. The summed E-state index contributed by atoms with van der Waals surface area (Å²) in [7, 11) is 0. The van der Waals surface area contributed by atoms with Gasteiger partial charge in [-0.2, -0.15) is 0 Å². The van der Waals surface area contributed by atoms with Gasteiger partial charge in [0.05, 0.1) is 34.2 Å². The first-order valence-electron chi connectivity index (χ1n) is 2.99. The zero-order valence-electron chi connectivity index (χ0n) is 5.67. The monoisotopic (exact) mass is 262 g/mol. The molecule has 0 bridgehead atoms. The van der Waals surface area contributed by atoms with Gasteiger partial charge >= 0.3 is 0 Å². The van der Waals surface area contributed by atoms with E-state index in [1.807, 2.05) is 22.9 Å². The van der Waals surface area contributed by atoms with Crippen molar-refractivity contribution in [1.82, 2.24) is 0 Å². The number of carbonyl (C=O) groups is 1. The van der Waals surface area contributed by atoms with E-state index in [0.29, 0.717) is 11.3 Å². The summed E-state index contributed by atoms with van der Waals surface area (Å²) in [6.07, 6.45) is 0.771. The third-order valence-electron chi connectivity index (χ3n) is 1.31.